The predicted octanol–water partition coefficient (Wildman–Crippen LogP) is 0.472. The lowest BCUT2D eigenvalue weighted by molar-refractivity contribution is -0.305. The Hall–Kier alpha value is -1.58. The molecule has 25 heavy (non-hydrogen) atoms. The molecule has 7 nitrogen and oxygen atoms in total. The molecule has 0 spiro atoms. The van der Waals surface area contributed by atoms with Gasteiger partial charge in [0.1, 0.15) is 0 Å². The Bertz CT molecular complexity index is 855. The van der Waals surface area contributed by atoms with Crippen molar-refractivity contribution in [1.82, 2.24) is 0 Å². The molecule has 10 heteroatoms. The molecule has 2 atom stereocenters. The number of amidine groups is 1. The van der Waals surface area contributed by atoms with E-state index in [9.17, 15) is 23.1 Å². The average molecular weight is 402 g/mol. The van der Waals surface area contributed by atoms with Gasteiger partial charge in [0, 0.05) is 17.6 Å². The van der Waals surface area contributed by atoms with Crippen LogP contribution in [0.25, 0.3) is 0 Å². The van der Waals surface area contributed by atoms with Crippen LogP contribution in [0.4, 0.5) is 5.69 Å². The van der Waals surface area contributed by atoms with E-state index in [2.05, 4.69) is 4.99 Å². The summed E-state index contributed by atoms with van der Waals surface area (Å²) in [6.45, 7) is 0. The van der Waals surface area contributed by atoms with Gasteiger partial charge in [-0.1, -0.05) is 35.5 Å². The predicted molar refractivity (Wildman–Crippen MR) is 94.4 cm³/mol. The van der Waals surface area contributed by atoms with Crippen molar-refractivity contribution >= 4 is 55.9 Å². The number of halogens is 1. The van der Waals surface area contributed by atoms with Crippen LogP contribution in [0.2, 0.25) is 5.02 Å². The van der Waals surface area contributed by atoms with Gasteiger partial charge >= 0.3 is 0 Å². The lowest BCUT2D eigenvalue weighted by atomic mass is 10.2. The second kappa shape index (κ2) is 6.97. The first-order valence-electron chi connectivity index (χ1n) is 7.49. The Kier molecular flexibility index (Phi) is 5.08. The van der Waals surface area contributed by atoms with E-state index in [1.165, 1.54) is 11.8 Å². The summed E-state index contributed by atoms with van der Waals surface area (Å²) in [7, 11) is -3.16. The number of para-hydroxylation sites is 1. The van der Waals surface area contributed by atoms with E-state index in [0.717, 1.165) is 0 Å². The van der Waals surface area contributed by atoms with Gasteiger partial charge in [0.25, 0.3) is 0 Å². The van der Waals surface area contributed by atoms with Crippen LogP contribution < -0.4 is 10.0 Å². The van der Waals surface area contributed by atoms with Crippen molar-refractivity contribution in [3.8, 4) is 0 Å². The summed E-state index contributed by atoms with van der Waals surface area (Å²) >= 11 is 7.46. The number of carboxylic acid groups (broad SMARTS) is 1. The highest BCUT2D eigenvalue weighted by molar-refractivity contribution is 8.16. The van der Waals surface area contributed by atoms with Gasteiger partial charge in [-0.3, -0.25) is 4.79 Å². The lowest BCUT2D eigenvalue weighted by Gasteiger charge is -2.25. The molecule has 134 valence electrons. The zero-order valence-corrected chi connectivity index (χ0v) is 15.3. The number of fused-ring (bicyclic) bond motifs is 1. The fraction of sp³-hybridized carbons (Fsp3) is 0.400. The van der Waals surface area contributed by atoms with Gasteiger partial charge in [-0.05, 0) is 18.6 Å². The third-order valence-electron chi connectivity index (χ3n) is 3.94. The van der Waals surface area contributed by atoms with Crippen LogP contribution in [0.15, 0.2) is 29.3 Å². The number of hydrogen-bond acceptors (Lipinski definition) is 6. The second-order valence-corrected chi connectivity index (χ2v) is 9.55. The Labute approximate surface area is 154 Å². The van der Waals surface area contributed by atoms with Gasteiger partial charge in [0.15, 0.2) is 15.0 Å². The summed E-state index contributed by atoms with van der Waals surface area (Å²) < 4.78 is 23.9. The van der Waals surface area contributed by atoms with Crippen LogP contribution in [-0.2, 0) is 19.4 Å². The standard InChI is InChI=1S/C15H15ClN2O5S2/c16-9-3-1-2-4-10(9)18-11-7-25(22,23)8-12(11)24-15(18)17-13(19)5-6-14(20)21/h1-4,11-12H,5-8H2,(H,20,21)/p-1/t11-,12+/m1/s1. The number of carbonyl (C=O) groups excluding carboxylic acids is 2. The second-order valence-electron chi connectivity index (χ2n) is 5.78. The largest absolute Gasteiger partial charge is 0.550 e. The number of nitrogens with zero attached hydrogens (tertiary/aromatic N) is 2. The van der Waals surface area contributed by atoms with E-state index < -0.39 is 28.1 Å². The molecule has 0 radical (unpaired) electrons. The number of hydrogen-bond donors (Lipinski definition) is 0. The number of anilines is 1. The topological polar surface area (TPSA) is 107 Å². The molecule has 0 aromatic heterocycles. The number of sulfone groups is 1. The highest BCUT2D eigenvalue weighted by atomic mass is 35.5. The van der Waals surface area contributed by atoms with Crippen LogP contribution in [-0.4, -0.2) is 48.3 Å². The van der Waals surface area contributed by atoms with Crippen LogP contribution in [0.3, 0.4) is 0 Å². The van der Waals surface area contributed by atoms with Gasteiger partial charge in [-0.2, -0.15) is 4.99 Å². The Morgan fingerprint density at radius 2 is 2.00 bits per heavy atom. The number of amides is 1. The van der Waals surface area contributed by atoms with Gasteiger partial charge < -0.3 is 14.8 Å². The monoisotopic (exact) mass is 401 g/mol. The smallest absolute Gasteiger partial charge is 0.248 e. The summed E-state index contributed by atoms with van der Waals surface area (Å²) in [5.74, 6) is -1.94. The van der Waals surface area contributed by atoms with Crippen LogP contribution in [0.1, 0.15) is 12.8 Å². The zero-order chi connectivity index (χ0) is 18.2. The summed E-state index contributed by atoms with van der Waals surface area (Å²) in [6.07, 6.45) is -0.677. The molecule has 0 unspecified atom stereocenters. The summed E-state index contributed by atoms with van der Waals surface area (Å²) in [4.78, 5) is 28.1. The van der Waals surface area contributed by atoms with Crippen LogP contribution in [0, 0.1) is 0 Å². The molecule has 2 saturated heterocycles. The number of aliphatic carboxylic acids is 1. The van der Waals surface area contributed by atoms with E-state index >= 15 is 0 Å². The molecular weight excluding hydrogens is 388 g/mol. The molecule has 1 aromatic carbocycles. The molecular formula is C15H14ClN2O5S2-. The number of benzene rings is 1. The number of carbonyl (C=O) groups is 2. The first-order chi connectivity index (χ1) is 11.8. The number of aliphatic imine (C=N–C) groups is 1. The SMILES string of the molecule is O=C([O-])CCC(=O)N=C1S[C@H]2CS(=O)(=O)C[C@H]2N1c1ccccc1Cl. The maximum Gasteiger partial charge on any atom is 0.248 e. The normalized spacial score (nSPS) is 26.0. The average Bonchev–Trinajstić information content (AvgIpc) is 2.97. The Balaban J connectivity index is 1.94. The van der Waals surface area contributed by atoms with E-state index in [4.69, 9.17) is 11.6 Å². The van der Waals surface area contributed by atoms with E-state index in [-0.39, 0.29) is 29.2 Å². The molecule has 3 rings (SSSR count). The van der Waals surface area contributed by atoms with Gasteiger partial charge in [-0.15, -0.1) is 0 Å². The van der Waals surface area contributed by atoms with E-state index in [1.807, 2.05) is 0 Å². The lowest BCUT2D eigenvalue weighted by Crippen LogP contribution is -2.38. The minimum atomic E-state index is -3.16. The van der Waals surface area contributed by atoms with Crippen molar-refractivity contribution in [1.29, 1.82) is 0 Å². The number of carboxylic acids is 1. The van der Waals surface area contributed by atoms with E-state index in [0.29, 0.717) is 15.9 Å². The molecule has 0 saturated carbocycles. The van der Waals surface area contributed by atoms with Gasteiger partial charge in [-0.25, -0.2) is 8.42 Å². The summed E-state index contributed by atoms with van der Waals surface area (Å²) in [5, 5.41) is 11.0. The fourth-order valence-corrected chi connectivity index (χ4v) is 7.02. The third-order valence-corrected chi connectivity index (χ3v) is 7.47. The van der Waals surface area contributed by atoms with Crippen LogP contribution in [0.5, 0.6) is 0 Å². The molecule has 2 aliphatic heterocycles. The Morgan fingerprint density at radius 1 is 1.28 bits per heavy atom. The molecule has 2 fully saturated rings. The van der Waals surface area contributed by atoms with Gasteiger partial charge in [0.2, 0.25) is 5.91 Å². The van der Waals surface area contributed by atoms with Crippen molar-refractivity contribution in [2.24, 2.45) is 4.99 Å². The van der Waals surface area contributed by atoms with Crippen LogP contribution >= 0.6 is 23.4 Å². The molecule has 2 heterocycles. The maximum absolute atomic E-state index is 12.0. The van der Waals surface area contributed by atoms with Crippen molar-refractivity contribution in [3.63, 3.8) is 0 Å². The molecule has 0 aliphatic carbocycles. The minimum absolute atomic E-state index is 0.00947. The van der Waals surface area contributed by atoms with Gasteiger partial charge in [0.05, 0.1) is 28.3 Å². The number of thioether (sulfide) groups is 1. The minimum Gasteiger partial charge on any atom is -0.550 e. The molecule has 0 N–H and O–H groups in total. The van der Waals surface area contributed by atoms with Crippen molar-refractivity contribution in [2.75, 3.05) is 16.4 Å². The highest BCUT2D eigenvalue weighted by Gasteiger charge is 2.49. The van der Waals surface area contributed by atoms with Crippen molar-refractivity contribution in [3.05, 3.63) is 29.3 Å². The quantitative estimate of drug-likeness (QED) is 0.721. The number of rotatable bonds is 4. The van der Waals surface area contributed by atoms with E-state index in [1.54, 1.807) is 29.2 Å². The Morgan fingerprint density at radius 3 is 2.68 bits per heavy atom. The summed E-state index contributed by atoms with van der Waals surface area (Å²) in [5.41, 5.74) is 0.577. The van der Waals surface area contributed by atoms with Crippen molar-refractivity contribution < 1.29 is 23.1 Å². The first kappa shape index (κ1) is 18.2. The molecule has 0 bridgehead atoms. The highest BCUT2D eigenvalue weighted by Crippen LogP contribution is 2.42. The fourth-order valence-electron chi connectivity index (χ4n) is 2.86. The maximum atomic E-state index is 12.0. The molecule has 1 amide bonds. The zero-order valence-electron chi connectivity index (χ0n) is 12.9. The summed E-state index contributed by atoms with van der Waals surface area (Å²) in [6, 6.07) is 6.56. The molecule has 2 aliphatic rings. The third kappa shape index (κ3) is 3.99. The first-order valence-corrected chi connectivity index (χ1v) is 10.6. The van der Waals surface area contributed by atoms with Crippen molar-refractivity contribution in [2.45, 2.75) is 24.1 Å². The molecule has 1 aromatic rings.